The Morgan fingerprint density at radius 3 is 2.45 bits per heavy atom. The Kier molecular flexibility index (Phi) is 7.31. The largest absolute Gasteiger partial charge is 0.483 e. The third-order valence-corrected chi connectivity index (χ3v) is 9.54. The van der Waals surface area contributed by atoms with Gasteiger partial charge in [-0.15, -0.1) is 0 Å². The Bertz CT molecular complexity index is 1790. The van der Waals surface area contributed by atoms with Crippen LogP contribution in [0.4, 0.5) is 17.1 Å². The van der Waals surface area contributed by atoms with E-state index in [2.05, 4.69) is 10.3 Å². The summed E-state index contributed by atoms with van der Waals surface area (Å²) in [6.07, 6.45) is 0. The van der Waals surface area contributed by atoms with Crippen LogP contribution in [0.5, 0.6) is 5.75 Å². The number of hydrogen-bond acceptors (Lipinski definition) is 9. The maximum atomic E-state index is 13.9. The number of imide groups is 1. The fourth-order valence-electron chi connectivity index (χ4n) is 5.07. The van der Waals surface area contributed by atoms with Crippen molar-refractivity contribution in [1.29, 1.82) is 0 Å². The summed E-state index contributed by atoms with van der Waals surface area (Å²) in [5, 5.41) is 14.0. The summed E-state index contributed by atoms with van der Waals surface area (Å²) in [6.45, 7) is -0.340. The number of benzene rings is 3. The van der Waals surface area contributed by atoms with E-state index in [1.807, 2.05) is 0 Å². The number of aromatic amines is 1. The smallest absolute Gasteiger partial charge is 0.305 e. The van der Waals surface area contributed by atoms with Gasteiger partial charge in [-0.25, -0.2) is 4.90 Å². The normalized spacial score (nSPS) is 19.3. The van der Waals surface area contributed by atoms with Gasteiger partial charge in [-0.05, 0) is 42.5 Å². The number of non-ortho nitro benzene ring substituents is 1. The predicted molar refractivity (Wildman–Crippen MR) is 158 cm³/mol. The summed E-state index contributed by atoms with van der Waals surface area (Å²) < 4.78 is 5.93. The van der Waals surface area contributed by atoms with Gasteiger partial charge in [0.2, 0.25) is 11.8 Å². The lowest BCUT2D eigenvalue weighted by molar-refractivity contribution is -0.384. The molecule has 1 aromatic heterocycles. The molecular weight excluding hydrogens is 604 g/mol. The van der Waals surface area contributed by atoms with Crippen molar-refractivity contribution in [3.8, 4) is 5.75 Å². The van der Waals surface area contributed by atoms with E-state index in [-0.39, 0.29) is 22.9 Å². The number of rotatable bonds is 7. The van der Waals surface area contributed by atoms with Gasteiger partial charge < -0.3 is 15.0 Å². The van der Waals surface area contributed by atoms with Crippen LogP contribution in [-0.2, 0) is 14.4 Å². The highest BCUT2D eigenvalue weighted by Gasteiger charge is 2.56. The molecule has 212 valence electrons. The van der Waals surface area contributed by atoms with Crippen LogP contribution in [0.2, 0.25) is 5.02 Å². The lowest BCUT2D eigenvalue weighted by atomic mass is 9.82. The number of H-pyrrole nitrogens is 1. The zero-order valence-corrected chi connectivity index (χ0v) is 23.7. The maximum absolute atomic E-state index is 13.9. The minimum atomic E-state index is -0.899. The molecular formula is C28H19ClN4O7S2. The molecule has 42 heavy (non-hydrogen) atoms. The molecule has 0 radical (unpaired) electrons. The molecule has 2 N–H and O–H groups in total. The van der Waals surface area contributed by atoms with E-state index in [1.54, 1.807) is 48.5 Å². The number of nitro benzene ring substituents is 1. The molecule has 14 heteroatoms. The van der Waals surface area contributed by atoms with Crippen molar-refractivity contribution in [2.45, 2.75) is 16.2 Å². The molecule has 3 unspecified atom stereocenters. The molecule has 0 saturated carbocycles. The summed E-state index contributed by atoms with van der Waals surface area (Å²) in [7, 11) is 0. The summed E-state index contributed by atoms with van der Waals surface area (Å²) in [5.74, 6) is -2.73. The highest BCUT2D eigenvalue weighted by molar-refractivity contribution is 8.00. The van der Waals surface area contributed by atoms with Crippen LogP contribution in [0.3, 0.4) is 0 Å². The van der Waals surface area contributed by atoms with Crippen molar-refractivity contribution >= 4 is 69.5 Å². The standard InChI is InChI=1S/C28H19ClN4O7S2/c29-14-5-7-15(8-6-14)30-20(34)13-40-19-4-2-1-3-18(19)21-22-24(41-25-23(21)42-28(37)31-25)27(36)32(26(22)35)16-9-11-17(12-10-16)33(38)39/h1-12,21-22,24H,13H2,(H,30,34)(H,31,37). The van der Waals surface area contributed by atoms with Crippen LogP contribution < -0.4 is 19.8 Å². The Labute approximate surface area is 250 Å². The number of ether oxygens (including phenoxy) is 1. The van der Waals surface area contributed by atoms with E-state index < -0.39 is 39.7 Å². The van der Waals surface area contributed by atoms with Crippen molar-refractivity contribution in [2.75, 3.05) is 16.8 Å². The van der Waals surface area contributed by atoms with Gasteiger partial charge in [0, 0.05) is 39.2 Å². The molecule has 0 spiro atoms. The maximum Gasteiger partial charge on any atom is 0.305 e. The minimum absolute atomic E-state index is 0.173. The van der Waals surface area contributed by atoms with Crippen molar-refractivity contribution in [3.05, 3.63) is 108 Å². The quantitative estimate of drug-likeness (QED) is 0.169. The molecule has 3 atom stereocenters. The number of hydrogen-bond donors (Lipinski definition) is 2. The number of nitrogens with zero attached hydrogens (tertiary/aromatic N) is 2. The van der Waals surface area contributed by atoms with Gasteiger partial charge in [0.1, 0.15) is 11.0 Å². The number of fused-ring (bicyclic) bond motifs is 2. The monoisotopic (exact) mass is 622 g/mol. The van der Waals surface area contributed by atoms with Crippen LogP contribution in [0, 0.1) is 16.0 Å². The van der Waals surface area contributed by atoms with E-state index in [9.17, 15) is 29.3 Å². The molecule has 0 bridgehead atoms. The zero-order valence-electron chi connectivity index (χ0n) is 21.3. The molecule has 2 aliphatic rings. The molecule has 6 rings (SSSR count). The summed E-state index contributed by atoms with van der Waals surface area (Å²) in [6, 6.07) is 18.6. The average Bonchev–Trinajstić information content (AvgIpc) is 3.47. The van der Waals surface area contributed by atoms with Crippen LogP contribution in [0.1, 0.15) is 16.4 Å². The highest BCUT2D eigenvalue weighted by atomic mass is 35.5. The number of thiazole rings is 1. The fourth-order valence-corrected chi connectivity index (χ4v) is 7.70. The topological polar surface area (TPSA) is 152 Å². The SMILES string of the molecule is O=C(COc1ccccc1C1c2sc(=O)[nH]c2SC2C(=O)N(c3ccc([N+](=O)[O-])cc3)C(=O)C21)Nc1ccc(Cl)cc1. The molecule has 1 fully saturated rings. The van der Waals surface area contributed by atoms with Gasteiger partial charge >= 0.3 is 4.87 Å². The first-order valence-corrected chi connectivity index (χ1v) is 14.6. The van der Waals surface area contributed by atoms with Crippen LogP contribution in [-0.4, -0.2) is 39.5 Å². The van der Waals surface area contributed by atoms with Crippen molar-refractivity contribution in [1.82, 2.24) is 4.98 Å². The van der Waals surface area contributed by atoms with E-state index in [0.29, 0.717) is 31.9 Å². The van der Waals surface area contributed by atoms with Crippen LogP contribution in [0.25, 0.3) is 0 Å². The third kappa shape index (κ3) is 5.06. The number of anilines is 2. The first-order valence-electron chi connectivity index (χ1n) is 12.5. The summed E-state index contributed by atoms with van der Waals surface area (Å²) in [4.78, 5) is 67.2. The second-order valence-electron chi connectivity index (χ2n) is 9.42. The zero-order chi connectivity index (χ0) is 29.5. The first-order chi connectivity index (χ1) is 20.2. The molecule has 1 saturated heterocycles. The third-order valence-electron chi connectivity index (χ3n) is 6.88. The van der Waals surface area contributed by atoms with E-state index >= 15 is 0 Å². The Hall–Kier alpha value is -4.46. The molecule has 3 amide bonds. The Balaban J connectivity index is 1.33. The lowest BCUT2D eigenvalue weighted by Gasteiger charge is -2.30. The number of amides is 3. The van der Waals surface area contributed by atoms with Crippen molar-refractivity contribution in [2.24, 2.45) is 5.92 Å². The number of carbonyl (C=O) groups is 3. The lowest BCUT2D eigenvalue weighted by Crippen LogP contribution is -2.32. The van der Waals surface area contributed by atoms with E-state index in [0.717, 1.165) is 28.0 Å². The van der Waals surface area contributed by atoms with Crippen LogP contribution in [0.15, 0.2) is 82.6 Å². The first kappa shape index (κ1) is 27.7. The molecule has 11 nitrogen and oxygen atoms in total. The number of nitrogens with one attached hydrogen (secondary N) is 2. The number of halogens is 1. The Morgan fingerprint density at radius 2 is 1.74 bits per heavy atom. The number of para-hydroxylation sites is 1. The van der Waals surface area contributed by atoms with Gasteiger partial charge in [-0.1, -0.05) is 52.9 Å². The number of thioether (sulfide) groups is 1. The molecule has 3 aromatic carbocycles. The fraction of sp³-hybridized carbons (Fsp3) is 0.143. The minimum Gasteiger partial charge on any atom is -0.483 e. The second kappa shape index (κ2) is 11.1. The average molecular weight is 623 g/mol. The molecule has 4 aromatic rings. The van der Waals surface area contributed by atoms with Gasteiger partial charge in [0.15, 0.2) is 6.61 Å². The van der Waals surface area contributed by atoms with Crippen LogP contribution >= 0.6 is 34.7 Å². The van der Waals surface area contributed by atoms with E-state index in [4.69, 9.17) is 16.3 Å². The van der Waals surface area contributed by atoms with Gasteiger partial charge in [0.05, 0.1) is 21.6 Å². The molecule has 3 heterocycles. The molecule has 2 aliphatic heterocycles. The number of carbonyl (C=O) groups excluding carboxylic acids is 3. The van der Waals surface area contributed by atoms with Crippen molar-refractivity contribution in [3.63, 3.8) is 0 Å². The van der Waals surface area contributed by atoms with Gasteiger partial charge in [-0.3, -0.25) is 29.3 Å². The number of aromatic nitrogens is 1. The number of nitro groups is 1. The highest BCUT2D eigenvalue weighted by Crippen LogP contribution is 2.54. The summed E-state index contributed by atoms with van der Waals surface area (Å²) in [5.41, 5.74) is 1.12. The van der Waals surface area contributed by atoms with Crippen molar-refractivity contribution < 1.29 is 24.0 Å². The molecule has 0 aliphatic carbocycles. The van der Waals surface area contributed by atoms with Gasteiger partial charge in [-0.2, -0.15) is 0 Å². The van der Waals surface area contributed by atoms with E-state index in [1.165, 1.54) is 24.3 Å². The summed E-state index contributed by atoms with van der Waals surface area (Å²) >= 11 is 7.97. The second-order valence-corrected chi connectivity index (χ2v) is 12.0. The predicted octanol–water partition coefficient (Wildman–Crippen LogP) is 4.81. The van der Waals surface area contributed by atoms with Gasteiger partial charge in [0.25, 0.3) is 11.6 Å². The Morgan fingerprint density at radius 1 is 1.02 bits per heavy atom.